The van der Waals surface area contributed by atoms with E-state index in [1.807, 2.05) is 13.8 Å². The first-order valence-electron chi connectivity index (χ1n) is 5.48. The van der Waals surface area contributed by atoms with Gasteiger partial charge in [0.15, 0.2) is 0 Å². The summed E-state index contributed by atoms with van der Waals surface area (Å²) in [5.41, 5.74) is -0.175. The molecule has 0 bridgehead atoms. The maximum atomic E-state index is 9.23. The van der Waals surface area contributed by atoms with Crippen LogP contribution < -0.4 is 5.32 Å². The summed E-state index contributed by atoms with van der Waals surface area (Å²) in [5.74, 6) is 1.67. The fraction of sp³-hybridized carbons (Fsp3) is 0.636. The van der Waals surface area contributed by atoms with Crippen molar-refractivity contribution in [3.05, 3.63) is 17.0 Å². The zero-order chi connectivity index (χ0) is 11.8. The van der Waals surface area contributed by atoms with Crippen LogP contribution in [-0.2, 0) is 0 Å². The lowest BCUT2D eigenvalue weighted by Crippen LogP contribution is -2.26. The van der Waals surface area contributed by atoms with Crippen LogP contribution in [0, 0.1) is 0 Å². The first kappa shape index (κ1) is 11.6. The smallest absolute Gasteiger partial charge is 0.135 e. The Morgan fingerprint density at radius 3 is 2.69 bits per heavy atom. The van der Waals surface area contributed by atoms with Crippen LogP contribution in [0.3, 0.4) is 0 Å². The summed E-state index contributed by atoms with van der Waals surface area (Å²) in [6.45, 7) is 4.17. The van der Waals surface area contributed by atoms with Gasteiger partial charge in [0.1, 0.15) is 16.8 Å². The maximum Gasteiger partial charge on any atom is 0.135 e. The molecule has 1 aromatic rings. The SMILES string of the molecule is CC(C)c1nc(Cl)cc(NC2(CO)CC2)n1. The van der Waals surface area contributed by atoms with Gasteiger partial charge in [0.25, 0.3) is 0 Å². The lowest BCUT2D eigenvalue weighted by atomic mass is 10.2. The fourth-order valence-electron chi connectivity index (χ4n) is 1.50. The van der Waals surface area contributed by atoms with E-state index in [9.17, 15) is 5.11 Å². The van der Waals surface area contributed by atoms with Gasteiger partial charge in [-0.05, 0) is 12.8 Å². The third kappa shape index (κ3) is 2.44. The number of nitrogens with zero attached hydrogens (tertiary/aromatic N) is 2. The summed E-state index contributed by atoms with van der Waals surface area (Å²) < 4.78 is 0. The monoisotopic (exact) mass is 241 g/mol. The molecule has 2 rings (SSSR count). The number of aliphatic hydroxyl groups excluding tert-OH is 1. The molecule has 0 saturated heterocycles. The van der Waals surface area contributed by atoms with Gasteiger partial charge in [-0.3, -0.25) is 0 Å². The summed E-state index contributed by atoms with van der Waals surface area (Å²) in [4.78, 5) is 8.55. The van der Waals surface area contributed by atoms with Crippen LogP contribution in [0.15, 0.2) is 6.07 Å². The van der Waals surface area contributed by atoms with E-state index < -0.39 is 0 Å². The van der Waals surface area contributed by atoms with Gasteiger partial charge in [-0.15, -0.1) is 0 Å². The van der Waals surface area contributed by atoms with Gasteiger partial charge in [-0.25, -0.2) is 9.97 Å². The first-order chi connectivity index (χ1) is 7.54. The fourth-order valence-corrected chi connectivity index (χ4v) is 1.69. The van der Waals surface area contributed by atoms with Gasteiger partial charge < -0.3 is 10.4 Å². The van der Waals surface area contributed by atoms with E-state index in [2.05, 4.69) is 15.3 Å². The highest BCUT2D eigenvalue weighted by molar-refractivity contribution is 6.29. The molecule has 1 aromatic heterocycles. The molecule has 1 saturated carbocycles. The van der Waals surface area contributed by atoms with Crippen molar-refractivity contribution in [2.75, 3.05) is 11.9 Å². The Labute approximate surface area is 100 Å². The molecule has 0 aliphatic heterocycles. The highest BCUT2D eigenvalue weighted by Gasteiger charge is 2.42. The molecule has 88 valence electrons. The Kier molecular flexibility index (Phi) is 3.04. The number of halogens is 1. The highest BCUT2D eigenvalue weighted by atomic mass is 35.5. The molecule has 1 aliphatic rings. The minimum Gasteiger partial charge on any atom is -0.394 e. The molecule has 0 spiro atoms. The molecule has 1 heterocycles. The molecule has 0 amide bonds. The summed E-state index contributed by atoms with van der Waals surface area (Å²) in [5, 5.41) is 12.9. The van der Waals surface area contributed by atoms with Crippen molar-refractivity contribution in [1.29, 1.82) is 0 Å². The van der Waals surface area contributed by atoms with Crippen molar-refractivity contribution in [1.82, 2.24) is 9.97 Å². The molecule has 0 unspecified atom stereocenters. The number of hydrogen-bond acceptors (Lipinski definition) is 4. The third-order valence-electron chi connectivity index (χ3n) is 2.78. The second-order valence-electron chi connectivity index (χ2n) is 4.65. The van der Waals surface area contributed by atoms with Crippen LogP contribution in [0.5, 0.6) is 0 Å². The average molecular weight is 242 g/mol. The van der Waals surface area contributed by atoms with Gasteiger partial charge >= 0.3 is 0 Å². The van der Waals surface area contributed by atoms with Crippen LogP contribution in [0.4, 0.5) is 5.82 Å². The molecule has 4 nitrogen and oxygen atoms in total. The van der Waals surface area contributed by atoms with Gasteiger partial charge in [-0.1, -0.05) is 25.4 Å². The van der Waals surface area contributed by atoms with Crippen molar-refractivity contribution >= 4 is 17.4 Å². The Hall–Kier alpha value is -0.870. The molecule has 0 atom stereocenters. The van der Waals surface area contributed by atoms with E-state index in [0.717, 1.165) is 18.7 Å². The number of rotatable bonds is 4. The highest BCUT2D eigenvalue weighted by Crippen LogP contribution is 2.38. The number of aliphatic hydroxyl groups is 1. The molecule has 0 radical (unpaired) electrons. The van der Waals surface area contributed by atoms with Gasteiger partial charge in [-0.2, -0.15) is 0 Å². The van der Waals surface area contributed by atoms with Crippen molar-refractivity contribution < 1.29 is 5.11 Å². The lowest BCUT2D eigenvalue weighted by molar-refractivity contribution is 0.266. The third-order valence-corrected chi connectivity index (χ3v) is 2.97. The molecule has 1 fully saturated rings. The van der Waals surface area contributed by atoms with E-state index in [0.29, 0.717) is 11.0 Å². The first-order valence-corrected chi connectivity index (χ1v) is 5.86. The van der Waals surface area contributed by atoms with Crippen LogP contribution >= 0.6 is 11.6 Å². The van der Waals surface area contributed by atoms with Crippen molar-refractivity contribution in [3.8, 4) is 0 Å². The van der Waals surface area contributed by atoms with Crippen LogP contribution in [-0.4, -0.2) is 27.2 Å². The Bertz CT molecular complexity index is 391. The molecular weight excluding hydrogens is 226 g/mol. The minimum absolute atomic E-state index is 0.131. The van der Waals surface area contributed by atoms with E-state index in [4.69, 9.17) is 11.6 Å². The van der Waals surface area contributed by atoms with Crippen LogP contribution in [0.25, 0.3) is 0 Å². The van der Waals surface area contributed by atoms with Crippen LogP contribution in [0.2, 0.25) is 5.15 Å². The molecule has 5 heteroatoms. The number of nitrogens with one attached hydrogen (secondary N) is 1. The second kappa shape index (κ2) is 4.18. The van der Waals surface area contributed by atoms with E-state index in [1.54, 1.807) is 6.07 Å². The van der Waals surface area contributed by atoms with E-state index in [1.165, 1.54) is 0 Å². The molecular formula is C11H16ClN3O. The Morgan fingerprint density at radius 2 is 2.19 bits per heavy atom. The maximum absolute atomic E-state index is 9.23. The van der Waals surface area contributed by atoms with Gasteiger partial charge in [0.05, 0.1) is 12.1 Å². The van der Waals surface area contributed by atoms with Crippen molar-refractivity contribution in [2.45, 2.75) is 38.1 Å². The van der Waals surface area contributed by atoms with Crippen molar-refractivity contribution in [3.63, 3.8) is 0 Å². The predicted octanol–water partition coefficient (Wildman–Crippen LogP) is 2.19. The lowest BCUT2D eigenvalue weighted by Gasteiger charge is -2.16. The number of anilines is 1. The summed E-state index contributed by atoms with van der Waals surface area (Å²) in [6.07, 6.45) is 1.95. The second-order valence-corrected chi connectivity index (χ2v) is 5.04. The van der Waals surface area contributed by atoms with Gasteiger partial charge in [0, 0.05) is 12.0 Å². The average Bonchev–Trinajstić information content (AvgIpc) is 2.97. The summed E-state index contributed by atoms with van der Waals surface area (Å²) >= 11 is 5.93. The summed E-state index contributed by atoms with van der Waals surface area (Å²) in [6, 6.07) is 1.70. The predicted molar refractivity (Wildman–Crippen MR) is 63.8 cm³/mol. The Balaban J connectivity index is 2.21. The molecule has 1 aliphatic carbocycles. The molecule has 16 heavy (non-hydrogen) atoms. The van der Waals surface area contributed by atoms with Crippen molar-refractivity contribution in [2.24, 2.45) is 0 Å². The Morgan fingerprint density at radius 1 is 1.50 bits per heavy atom. The topological polar surface area (TPSA) is 58.0 Å². The molecule has 2 N–H and O–H groups in total. The number of aromatic nitrogens is 2. The number of hydrogen-bond donors (Lipinski definition) is 2. The van der Waals surface area contributed by atoms with E-state index in [-0.39, 0.29) is 18.1 Å². The van der Waals surface area contributed by atoms with Gasteiger partial charge in [0.2, 0.25) is 0 Å². The minimum atomic E-state index is -0.175. The van der Waals surface area contributed by atoms with Crippen LogP contribution in [0.1, 0.15) is 38.4 Å². The molecule has 0 aromatic carbocycles. The normalized spacial score (nSPS) is 17.6. The zero-order valence-electron chi connectivity index (χ0n) is 9.50. The largest absolute Gasteiger partial charge is 0.394 e. The van der Waals surface area contributed by atoms with E-state index >= 15 is 0 Å². The zero-order valence-corrected chi connectivity index (χ0v) is 10.3. The quantitative estimate of drug-likeness (QED) is 0.794. The summed E-state index contributed by atoms with van der Waals surface area (Å²) in [7, 11) is 0. The standard InChI is InChI=1S/C11H16ClN3O/c1-7(2)10-13-8(12)5-9(14-10)15-11(6-16)3-4-11/h5,7,16H,3-4,6H2,1-2H3,(H,13,14,15).